The van der Waals surface area contributed by atoms with Gasteiger partial charge in [0, 0.05) is 19.8 Å². The minimum atomic E-state index is -0.342. The zero-order valence-corrected chi connectivity index (χ0v) is 14.8. The molecule has 0 radical (unpaired) electrons. The van der Waals surface area contributed by atoms with Gasteiger partial charge in [0.2, 0.25) is 0 Å². The number of nitrogens with one attached hydrogen (secondary N) is 1. The summed E-state index contributed by atoms with van der Waals surface area (Å²) in [4.78, 5) is 2.63. The lowest BCUT2D eigenvalue weighted by molar-refractivity contribution is 0.562. The van der Waals surface area contributed by atoms with Crippen molar-refractivity contribution in [2.24, 2.45) is 0 Å². The van der Waals surface area contributed by atoms with Gasteiger partial charge < -0.3 is 5.32 Å². The molecule has 1 aromatic carbocycles. The molecule has 0 saturated heterocycles. The van der Waals surface area contributed by atoms with E-state index in [0.717, 1.165) is 19.4 Å². The SMILES string of the molecule is CCNC(c1cc2c(s1)CCC2)c1ccc(Br)c(Cl)c1F. The van der Waals surface area contributed by atoms with Crippen LogP contribution in [0.15, 0.2) is 22.7 Å². The number of benzene rings is 1. The minimum absolute atomic E-state index is 0.129. The van der Waals surface area contributed by atoms with Gasteiger partial charge in [-0.2, -0.15) is 0 Å². The molecule has 1 nitrogen and oxygen atoms in total. The van der Waals surface area contributed by atoms with E-state index in [2.05, 4.69) is 27.3 Å². The summed E-state index contributed by atoms with van der Waals surface area (Å²) in [6.07, 6.45) is 3.54. The maximum Gasteiger partial charge on any atom is 0.148 e. The van der Waals surface area contributed by atoms with Crippen molar-refractivity contribution in [3.05, 3.63) is 54.4 Å². The van der Waals surface area contributed by atoms with Crippen molar-refractivity contribution >= 4 is 38.9 Å². The van der Waals surface area contributed by atoms with Gasteiger partial charge in [0.05, 0.1) is 11.1 Å². The van der Waals surface area contributed by atoms with E-state index < -0.39 is 0 Å². The van der Waals surface area contributed by atoms with E-state index in [-0.39, 0.29) is 16.9 Å². The van der Waals surface area contributed by atoms with Gasteiger partial charge >= 0.3 is 0 Å². The zero-order valence-electron chi connectivity index (χ0n) is 11.7. The maximum atomic E-state index is 14.5. The molecule has 1 heterocycles. The third kappa shape index (κ3) is 2.91. The highest BCUT2D eigenvalue weighted by atomic mass is 79.9. The molecule has 0 fully saturated rings. The Hall–Kier alpha value is -0.420. The second kappa shape index (κ2) is 6.37. The summed E-state index contributed by atoms with van der Waals surface area (Å²) in [5.74, 6) is -0.342. The van der Waals surface area contributed by atoms with Crippen molar-refractivity contribution in [3.8, 4) is 0 Å². The van der Waals surface area contributed by atoms with E-state index in [0.29, 0.717) is 10.0 Å². The summed E-state index contributed by atoms with van der Waals surface area (Å²) in [5, 5.41) is 3.54. The van der Waals surface area contributed by atoms with Gasteiger partial charge in [-0.1, -0.05) is 24.6 Å². The molecule has 1 aliphatic carbocycles. The highest BCUT2D eigenvalue weighted by Crippen LogP contribution is 2.38. The Bertz CT molecular complexity index is 649. The number of hydrogen-bond acceptors (Lipinski definition) is 2. The predicted octanol–water partition coefficient (Wildman–Crippen LogP) is 5.49. The molecule has 0 aliphatic heterocycles. The number of aryl methyl sites for hydroxylation is 2. The molecule has 5 heteroatoms. The second-order valence-electron chi connectivity index (χ2n) is 5.21. The van der Waals surface area contributed by atoms with Gasteiger partial charge in [-0.25, -0.2) is 4.39 Å². The predicted molar refractivity (Wildman–Crippen MR) is 91.0 cm³/mol. The lowest BCUT2D eigenvalue weighted by atomic mass is 10.0. The summed E-state index contributed by atoms with van der Waals surface area (Å²) in [6, 6.07) is 5.72. The Morgan fingerprint density at radius 1 is 1.43 bits per heavy atom. The van der Waals surface area contributed by atoms with Crippen LogP contribution in [0.3, 0.4) is 0 Å². The van der Waals surface area contributed by atoms with Crippen LogP contribution in [0, 0.1) is 5.82 Å². The van der Waals surface area contributed by atoms with Crippen LogP contribution in [0.25, 0.3) is 0 Å². The molecule has 3 rings (SSSR count). The Kier molecular flexibility index (Phi) is 4.69. The molecular weight excluding hydrogens is 373 g/mol. The van der Waals surface area contributed by atoms with Gasteiger partial charge in [-0.05, 0) is 59.4 Å². The number of fused-ring (bicyclic) bond motifs is 1. The zero-order chi connectivity index (χ0) is 15.0. The Morgan fingerprint density at radius 3 is 2.95 bits per heavy atom. The van der Waals surface area contributed by atoms with Gasteiger partial charge in [0.25, 0.3) is 0 Å². The van der Waals surface area contributed by atoms with Gasteiger partial charge in [0.1, 0.15) is 5.82 Å². The molecule has 1 aliphatic rings. The van der Waals surface area contributed by atoms with Crippen LogP contribution < -0.4 is 5.32 Å². The van der Waals surface area contributed by atoms with Crippen LogP contribution in [0.1, 0.15) is 40.3 Å². The first kappa shape index (κ1) is 15.5. The lowest BCUT2D eigenvalue weighted by Gasteiger charge is -2.18. The molecule has 1 unspecified atom stereocenters. The van der Waals surface area contributed by atoms with Gasteiger partial charge in [-0.3, -0.25) is 0 Å². The Labute approximate surface area is 141 Å². The molecular formula is C16H16BrClFNS. The smallest absolute Gasteiger partial charge is 0.148 e. The second-order valence-corrected chi connectivity index (χ2v) is 7.61. The normalized spacial score (nSPS) is 15.2. The number of thiophene rings is 1. The van der Waals surface area contributed by atoms with Crippen molar-refractivity contribution in [3.63, 3.8) is 0 Å². The van der Waals surface area contributed by atoms with E-state index in [1.807, 2.05) is 19.1 Å². The topological polar surface area (TPSA) is 12.0 Å². The van der Waals surface area contributed by atoms with E-state index in [1.165, 1.54) is 21.7 Å². The first-order chi connectivity index (χ1) is 10.1. The monoisotopic (exact) mass is 387 g/mol. The Balaban J connectivity index is 2.03. The highest BCUT2D eigenvalue weighted by molar-refractivity contribution is 9.10. The average Bonchev–Trinajstić information content (AvgIpc) is 3.04. The average molecular weight is 389 g/mol. The first-order valence-corrected chi connectivity index (χ1v) is 9.08. The van der Waals surface area contributed by atoms with E-state index in [1.54, 1.807) is 11.3 Å². The largest absolute Gasteiger partial charge is 0.306 e. The van der Waals surface area contributed by atoms with Crippen LogP contribution in [-0.2, 0) is 12.8 Å². The molecule has 1 atom stereocenters. The first-order valence-electron chi connectivity index (χ1n) is 7.10. The van der Waals surface area contributed by atoms with Crippen molar-refractivity contribution < 1.29 is 4.39 Å². The van der Waals surface area contributed by atoms with Crippen LogP contribution in [0.4, 0.5) is 4.39 Å². The molecule has 0 saturated carbocycles. The van der Waals surface area contributed by atoms with Crippen molar-refractivity contribution in [2.75, 3.05) is 6.54 Å². The summed E-state index contributed by atoms with van der Waals surface area (Å²) < 4.78 is 15.1. The number of halogens is 3. The Morgan fingerprint density at radius 2 is 2.24 bits per heavy atom. The van der Waals surface area contributed by atoms with Crippen molar-refractivity contribution in [1.82, 2.24) is 5.32 Å². The number of rotatable bonds is 4. The van der Waals surface area contributed by atoms with Crippen LogP contribution in [-0.4, -0.2) is 6.54 Å². The van der Waals surface area contributed by atoms with Crippen LogP contribution in [0.2, 0.25) is 5.02 Å². The van der Waals surface area contributed by atoms with E-state index in [9.17, 15) is 4.39 Å². The fourth-order valence-corrected chi connectivity index (χ4v) is 4.66. The summed E-state index contributed by atoms with van der Waals surface area (Å²) >= 11 is 11.1. The van der Waals surface area contributed by atoms with E-state index >= 15 is 0 Å². The molecule has 21 heavy (non-hydrogen) atoms. The lowest BCUT2D eigenvalue weighted by Crippen LogP contribution is -2.22. The third-order valence-electron chi connectivity index (χ3n) is 3.83. The fourth-order valence-electron chi connectivity index (χ4n) is 2.83. The summed E-state index contributed by atoms with van der Waals surface area (Å²) in [5.41, 5.74) is 2.05. The van der Waals surface area contributed by atoms with Crippen molar-refractivity contribution in [1.29, 1.82) is 0 Å². The van der Waals surface area contributed by atoms with E-state index in [4.69, 9.17) is 11.6 Å². The van der Waals surface area contributed by atoms with Crippen LogP contribution in [0.5, 0.6) is 0 Å². The summed E-state index contributed by atoms with van der Waals surface area (Å²) in [6.45, 7) is 2.81. The molecule has 0 amide bonds. The molecule has 1 N–H and O–H groups in total. The number of hydrogen-bond donors (Lipinski definition) is 1. The molecule has 2 aromatic rings. The minimum Gasteiger partial charge on any atom is -0.306 e. The van der Waals surface area contributed by atoms with Crippen molar-refractivity contribution in [2.45, 2.75) is 32.2 Å². The maximum absolute atomic E-state index is 14.5. The molecule has 1 aromatic heterocycles. The highest BCUT2D eigenvalue weighted by Gasteiger charge is 2.24. The molecule has 112 valence electrons. The fraction of sp³-hybridized carbons (Fsp3) is 0.375. The quantitative estimate of drug-likeness (QED) is 0.683. The van der Waals surface area contributed by atoms with Gasteiger partial charge in [0.15, 0.2) is 0 Å². The van der Waals surface area contributed by atoms with Crippen LogP contribution >= 0.6 is 38.9 Å². The molecule has 0 bridgehead atoms. The van der Waals surface area contributed by atoms with Gasteiger partial charge in [-0.15, -0.1) is 11.3 Å². The molecule has 0 spiro atoms. The summed E-state index contributed by atoms with van der Waals surface area (Å²) in [7, 11) is 0. The standard InChI is InChI=1S/C16H16BrClFNS/c1-2-20-16(10-6-7-11(17)14(18)15(10)19)13-8-9-4-3-5-12(9)21-13/h6-8,16,20H,2-5H2,1H3. The third-order valence-corrected chi connectivity index (χ3v) is 6.40.